The van der Waals surface area contributed by atoms with Gasteiger partial charge in [0.25, 0.3) is 5.56 Å². The predicted molar refractivity (Wildman–Crippen MR) is 110 cm³/mol. The molecule has 0 bridgehead atoms. The number of H-pyrrole nitrogens is 1. The van der Waals surface area contributed by atoms with Crippen LogP contribution in [0.5, 0.6) is 11.5 Å². The highest BCUT2D eigenvalue weighted by Gasteiger charge is 2.19. The number of aliphatic carboxylic acids is 1. The first-order chi connectivity index (χ1) is 13.8. The molecule has 0 radical (unpaired) electrons. The fourth-order valence-corrected chi connectivity index (χ4v) is 3.02. The number of benzene rings is 2. The van der Waals surface area contributed by atoms with Crippen molar-refractivity contribution in [2.45, 2.75) is 13.0 Å². The van der Waals surface area contributed by atoms with E-state index in [2.05, 4.69) is 26.0 Å². The fourth-order valence-electron chi connectivity index (χ4n) is 2.57. The number of aromatic amines is 1. The van der Waals surface area contributed by atoms with Crippen molar-refractivity contribution in [2.75, 3.05) is 7.11 Å². The number of carbonyl (C=O) groups is 1. The maximum absolute atomic E-state index is 12.6. The summed E-state index contributed by atoms with van der Waals surface area (Å²) in [7, 11) is 1.40. The van der Waals surface area contributed by atoms with Crippen LogP contribution in [0.3, 0.4) is 0 Å². The smallest absolute Gasteiger partial charge is 0.349 e. The Morgan fingerprint density at radius 3 is 2.72 bits per heavy atom. The SMILES string of the molecule is COc1cc(Br)cc(C=Nn2c(=O)[nH]c3ccccc3c2=O)c1O[C@H](C)C(=O)O. The Kier molecular flexibility index (Phi) is 5.83. The van der Waals surface area contributed by atoms with Crippen LogP contribution in [-0.4, -0.2) is 40.2 Å². The minimum Gasteiger partial charge on any atom is -0.493 e. The summed E-state index contributed by atoms with van der Waals surface area (Å²) in [6, 6.07) is 9.75. The second-order valence-electron chi connectivity index (χ2n) is 5.96. The van der Waals surface area contributed by atoms with Crippen molar-refractivity contribution in [1.82, 2.24) is 9.66 Å². The molecule has 0 amide bonds. The number of carboxylic acid groups (broad SMARTS) is 1. The number of fused-ring (bicyclic) bond motifs is 1. The van der Waals surface area contributed by atoms with Crippen molar-refractivity contribution in [3.8, 4) is 11.5 Å². The largest absolute Gasteiger partial charge is 0.493 e. The molecule has 0 fully saturated rings. The third-order valence-corrected chi connectivity index (χ3v) is 4.46. The number of nitrogens with one attached hydrogen (secondary N) is 1. The predicted octanol–water partition coefficient (Wildman–Crippen LogP) is 2.19. The molecule has 1 atom stereocenters. The maximum Gasteiger partial charge on any atom is 0.349 e. The zero-order chi connectivity index (χ0) is 21.1. The molecule has 1 aromatic heterocycles. The second-order valence-corrected chi connectivity index (χ2v) is 6.88. The maximum atomic E-state index is 12.6. The van der Waals surface area contributed by atoms with Gasteiger partial charge in [-0.3, -0.25) is 4.79 Å². The van der Waals surface area contributed by atoms with Gasteiger partial charge in [-0.2, -0.15) is 5.10 Å². The number of carboxylic acids is 1. The van der Waals surface area contributed by atoms with Gasteiger partial charge >= 0.3 is 11.7 Å². The van der Waals surface area contributed by atoms with Gasteiger partial charge < -0.3 is 19.6 Å². The van der Waals surface area contributed by atoms with Crippen LogP contribution in [0.2, 0.25) is 0 Å². The Morgan fingerprint density at radius 2 is 2.03 bits per heavy atom. The van der Waals surface area contributed by atoms with Gasteiger partial charge in [0.1, 0.15) is 0 Å². The second kappa shape index (κ2) is 8.31. The van der Waals surface area contributed by atoms with E-state index in [4.69, 9.17) is 14.6 Å². The summed E-state index contributed by atoms with van der Waals surface area (Å²) in [5.74, 6) is -0.798. The van der Waals surface area contributed by atoms with E-state index in [1.807, 2.05) is 0 Å². The highest BCUT2D eigenvalue weighted by atomic mass is 79.9. The zero-order valence-corrected chi connectivity index (χ0v) is 17.0. The van der Waals surface area contributed by atoms with Gasteiger partial charge in [0, 0.05) is 10.0 Å². The molecule has 0 aliphatic heterocycles. The summed E-state index contributed by atoms with van der Waals surface area (Å²) in [6.07, 6.45) is 0.0619. The van der Waals surface area contributed by atoms with Crippen molar-refractivity contribution < 1.29 is 19.4 Å². The Hall–Kier alpha value is -3.40. The molecule has 9 nitrogen and oxygen atoms in total. The summed E-state index contributed by atoms with van der Waals surface area (Å²) in [6.45, 7) is 1.36. The number of rotatable bonds is 6. The van der Waals surface area contributed by atoms with Gasteiger partial charge in [0.15, 0.2) is 17.6 Å². The van der Waals surface area contributed by atoms with E-state index in [0.717, 1.165) is 0 Å². The van der Waals surface area contributed by atoms with E-state index in [-0.39, 0.29) is 11.5 Å². The van der Waals surface area contributed by atoms with Crippen LogP contribution in [0, 0.1) is 0 Å². The molecular weight excluding hydrogens is 446 g/mol. The molecule has 29 heavy (non-hydrogen) atoms. The first kappa shape index (κ1) is 20.3. The van der Waals surface area contributed by atoms with E-state index >= 15 is 0 Å². The molecule has 0 saturated carbocycles. The number of methoxy groups -OCH3 is 1. The lowest BCUT2D eigenvalue weighted by molar-refractivity contribution is -0.144. The Balaban J connectivity index is 2.13. The van der Waals surface area contributed by atoms with Crippen molar-refractivity contribution in [1.29, 1.82) is 0 Å². The zero-order valence-electron chi connectivity index (χ0n) is 15.4. The monoisotopic (exact) mass is 461 g/mol. The summed E-state index contributed by atoms with van der Waals surface area (Å²) in [5.41, 5.74) is -0.599. The first-order valence-corrected chi connectivity index (χ1v) is 9.16. The normalized spacial score (nSPS) is 12.2. The van der Waals surface area contributed by atoms with Gasteiger partial charge in [-0.05, 0) is 31.2 Å². The molecule has 0 aliphatic rings. The van der Waals surface area contributed by atoms with Gasteiger partial charge in [0.2, 0.25) is 0 Å². The molecule has 10 heteroatoms. The van der Waals surface area contributed by atoms with Gasteiger partial charge in [-0.25, -0.2) is 9.59 Å². The van der Waals surface area contributed by atoms with Crippen molar-refractivity contribution in [2.24, 2.45) is 5.10 Å². The average Bonchev–Trinajstić information content (AvgIpc) is 2.69. The van der Waals surface area contributed by atoms with Gasteiger partial charge in [-0.1, -0.05) is 28.1 Å². The van der Waals surface area contributed by atoms with E-state index in [0.29, 0.717) is 25.6 Å². The molecule has 2 aromatic carbocycles. The standard InChI is InChI=1S/C19H16BrN3O6/c1-10(18(25)26)29-16-11(7-12(20)8-15(16)28-2)9-21-23-17(24)13-5-3-4-6-14(13)22-19(23)27/h3-10H,1-2H3,(H,22,27)(H,25,26)/t10-/m1/s1. The number of hydrogen-bond acceptors (Lipinski definition) is 6. The summed E-state index contributed by atoms with van der Waals surface area (Å²) < 4.78 is 12.0. The van der Waals surface area contributed by atoms with Crippen LogP contribution in [0.25, 0.3) is 10.9 Å². The molecule has 0 aliphatic carbocycles. The number of para-hydroxylation sites is 1. The molecule has 3 aromatic rings. The molecule has 1 heterocycles. The third-order valence-electron chi connectivity index (χ3n) is 4.01. The molecule has 3 rings (SSSR count). The van der Waals surface area contributed by atoms with Crippen LogP contribution in [-0.2, 0) is 4.79 Å². The number of halogens is 1. The minimum atomic E-state index is -1.17. The van der Waals surface area contributed by atoms with Gasteiger partial charge in [-0.15, -0.1) is 4.68 Å². The molecule has 0 unspecified atom stereocenters. The molecule has 0 spiro atoms. The van der Waals surface area contributed by atoms with Crippen molar-refractivity contribution in [3.63, 3.8) is 0 Å². The summed E-state index contributed by atoms with van der Waals surface area (Å²) >= 11 is 3.32. The van der Waals surface area contributed by atoms with Crippen LogP contribution in [0.15, 0.2) is 55.6 Å². The Bertz CT molecular complexity index is 1230. The number of aromatic nitrogens is 2. The molecule has 0 saturated heterocycles. The van der Waals surface area contributed by atoms with Crippen LogP contribution in [0.4, 0.5) is 0 Å². The highest BCUT2D eigenvalue weighted by molar-refractivity contribution is 9.10. The summed E-state index contributed by atoms with van der Waals surface area (Å²) in [4.78, 5) is 38.6. The first-order valence-electron chi connectivity index (χ1n) is 8.37. The van der Waals surface area contributed by atoms with E-state index in [1.165, 1.54) is 20.2 Å². The van der Waals surface area contributed by atoms with Crippen LogP contribution < -0.4 is 20.7 Å². The lowest BCUT2D eigenvalue weighted by Crippen LogP contribution is -2.32. The lowest BCUT2D eigenvalue weighted by atomic mass is 10.2. The van der Waals surface area contributed by atoms with Crippen molar-refractivity contribution >= 4 is 39.0 Å². The number of ether oxygens (including phenoxy) is 2. The average molecular weight is 462 g/mol. The number of hydrogen-bond donors (Lipinski definition) is 2. The number of nitrogens with zero attached hydrogens (tertiary/aromatic N) is 2. The van der Waals surface area contributed by atoms with Gasteiger partial charge in [0.05, 0.1) is 24.2 Å². The lowest BCUT2D eigenvalue weighted by Gasteiger charge is -2.16. The van der Waals surface area contributed by atoms with E-state index in [9.17, 15) is 14.4 Å². The summed E-state index contributed by atoms with van der Waals surface area (Å²) in [5, 5.41) is 13.4. The Morgan fingerprint density at radius 1 is 1.31 bits per heavy atom. The molecule has 2 N–H and O–H groups in total. The van der Waals surface area contributed by atoms with Crippen LogP contribution >= 0.6 is 15.9 Å². The van der Waals surface area contributed by atoms with Crippen molar-refractivity contribution in [3.05, 3.63) is 67.3 Å². The molecular formula is C19H16BrN3O6. The van der Waals surface area contributed by atoms with E-state index < -0.39 is 23.3 Å². The quantitative estimate of drug-likeness (QED) is 0.542. The van der Waals surface area contributed by atoms with E-state index in [1.54, 1.807) is 36.4 Å². The molecule has 150 valence electrons. The topological polar surface area (TPSA) is 123 Å². The van der Waals surface area contributed by atoms with Crippen LogP contribution in [0.1, 0.15) is 12.5 Å². The minimum absolute atomic E-state index is 0.111. The Labute approximate surface area is 172 Å². The fraction of sp³-hybridized carbons (Fsp3) is 0.158. The highest BCUT2D eigenvalue weighted by Crippen LogP contribution is 2.34. The third kappa shape index (κ3) is 4.21.